The average Bonchev–Trinajstić information content (AvgIpc) is 2.79. The lowest BCUT2D eigenvalue weighted by atomic mass is 9.85. The molecule has 1 aromatic carbocycles. The minimum atomic E-state index is -0.443. The van der Waals surface area contributed by atoms with Crippen molar-refractivity contribution in [2.45, 2.75) is 53.5 Å². The number of aryl methyl sites for hydroxylation is 2. The van der Waals surface area contributed by atoms with E-state index in [4.69, 9.17) is 0 Å². The fourth-order valence-electron chi connectivity index (χ4n) is 3.15. The summed E-state index contributed by atoms with van der Waals surface area (Å²) in [6.07, 6.45) is 1.38. The minimum absolute atomic E-state index is 0.0802. The second-order valence-electron chi connectivity index (χ2n) is 7.22. The maximum Gasteiger partial charge on any atom is 0.247 e. The molecule has 1 atom stereocenters. The van der Waals surface area contributed by atoms with E-state index < -0.39 is 6.04 Å². The van der Waals surface area contributed by atoms with Gasteiger partial charge in [-0.3, -0.25) is 9.59 Å². The normalized spacial score (nSPS) is 16.8. The number of hydrogen-bond donors (Lipinski definition) is 1. The molecular formula is C18H26N2O2. The Labute approximate surface area is 132 Å². The van der Waals surface area contributed by atoms with Gasteiger partial charge in [-0.2, -0.15) is 0 Å². The van der Waals surface area contributed by atoms with E-state index in [2.05, 4.69) is 5.32 Å². The van der Waals surface area contributed by atoms with Crippen LogP contribution in [0.4, 0.5) is 5.69 Å². The van der Waals surface area contributed by atoms with Crippen LogP contribution >= 0.6 is 0 Å². The van der Waals surface area contributed by atoms with Crippen LogP contribution < -0.4 is 5.32 Å². The molecule has 1 unspecified atom stereocenters. The minimum Gasteiger partial charge on any atom is -0.330 e. The first-order valence-corrected chi connectivity index (χ1v) is 7.88. The highest BCUT2D eigenvalue weighted by Gasteiger charge is 2.40. The van der Waals surface area contributed by atoms with Crippen molar-refractivity contribution in [1.29, 1.82) is 0 Å². The highest BCUT2D eigenvalue weighted by atomic mass is 16.2. The van der Waals surface area contributed by atoms with Crippen LogP contribution in [0.25, 0.3) is 0 Å². The van der Waals surface area contributed by atoms with Gasteiger partial charge in [-0.1, -0.05) is 39.0 Å². The summed E-state index contributed by atoms with van der Waals surface area (Å²) in [6, 6.07) is 5.50. The molecule has 4 nitrogen and oxygen atoms in total. The van der Waals surface area contributed by atoms with Crippen molar-refractivity contribution in [2.75, 3.05) is 11.9 Å². The van der Waals surface area contributed by atoms with E-state index in [-0.39, 0.29) is 17.2 Å². The SMILES string of the molecule is Cc1cccc(C)c1NC(=O)C(N1CCCC1=O)C(C)(C)C. The number of nitrogens with zero attached hydrogens (tertiary/aromatic N) is 1. The first kappa shape index (κ1) is 16.5. The van der Waals surface area contributed by atoms with Crippen LogP contribution in [-0.4, -0.2) is 29.3 Å². The summed E-state index contributed by atoms with van der Waals surface area (Å²) >= 11 is 0. The number of carbonyl (C=O) groups excluding carboxylic acids is 2. The van der Waals surface area contributed by atoms with Gasteiger partial charge in [0.15, 0.2) is 0 Å². The molecule has 4 heteroatoms. The zero-order chi connectivity index (χ0) is 16.5. The number of likely N-dealkylation sites (tertiary alicyclic amines) is 1. The topological polar surface area (TPSA) is 49.4 Å². The molecule has 2 amide bonds. The zero-order valence-corrected chi connectivity index (χ0v) is 14.2. The van der Waals surface area contributed by atoms with Crippen molar-refractivity contribution < 1.29 is 9.59 Å². The van der Waals surface area contributed by atoms with Crippen LogP contribution in [0.5, 0.6) is 0 Å². The highest BCUT2D eigenvalue weighted by Crippen LogP contribution is 2.30. The fraction of sp³-hybridized carbons (Fsp3) is 0.556. The Morgan fingerprint density at radius 1 is 1.23 bits per heavy atom. The molecule has 0 aromatic heterocycles. The summed E-state index contributed by atoms with van der Waals surface area (Å²) in [7, 11) is 0. The van der Waals surface area contributed by atoms with Gasteiger partial charge in [0.05, 0.1) is 0 Å². The summed E-state index contributed by atoms with van der Waals surface area (Å²) in [5, 5.41) is 3.05. The molecule has 1 heterocycles. The Hall–Kier alpha value is -1.84. The van der Waals surface area contributed by atoms with Crippen molar-refractivity contribution in [2.24, 2.45) is 5.41 Å². The molecule has 0 spiro atoms. The Kier molecular flexibility index (Phi) is 4.59. The Bertz CT molecular complexity index is 567. The Morgan fingerprint density at radius 2 is 1.82 bits per heavy atom. The standard InChI is InChI=1S/C18H26N2O2/c1-12-8-6-9-13(2)15(12)19-17(22)16(18(3,4)5)20-11-7-10-14(20)21/h6,8-9,16H,7,10-11H2,1-5H3,(H,19,22). The van der Waals surface area contributed by atoms with E-state index in [0.29, 0.717) is 13.0 Å². The van der Waals surface area contributed by atoms with Crippen molar-refractivity contribution >= 4 is 17.5 Å². The van der Waals surface area contributed by atoms with E-state index >= 15 is 0 Å². The zero-order valence-electron chi connectivity index (χ0n) is 14.2. The molecule has 120 valence electrons. The highest BCUT2D eigenvalue weighted by molar-refractivity contribution is 5.99. The lowest BCUT2D eigenvalue weighted by molar-refractivity contribution is -0.138. The molecule has 0 aliphatic carbocycles. The first-order valence-electron chi connectivity index (χ1n) is 7.88. The molecule has 0 radical (unpaired) electrons. The van der Waals surface area contributed by atoms with Gasteiger partial charge in [-0.25, -0.2) is 0 Å². The third kappa shape index (κ3) is 3.32. The smallest absolute Gasteiger partial charge is 0.247 e. The number of carbonyl (C=O) groups is 2. The summed E-state index contributed by atoms with van der Waals surface area (Å²) in [6.45, 7) is 10.7. The predicted octanol–water partition coefficient (Wildman–Crippen LogP) is 3.28. The van der Waals surface area contributed by atoms with E-state index in [1.165, 1.54) is 0 Å². The molecule has 1 fully saturated rings. The quantitative estimate of drug-likeness (QED) is 0.931. The van der Waals surface area contributed by atoms with Crippen LogP contribution in [0, 0.1) is 19.3 Å². The van der Waals surface area contributed by atoms with E-state index in [0.717, 1.165) is 23.2 Å². The van der Waals surface area contributed by atoms with Crippen LogP contribution in [0.3, 0.4) is 0 Å². The summed E-state index contributed by atoms with van der Waals surface area (Å²) < 4.78 is 0. The molecule has 1 aromatic rings. The van der Waals surface area contributed by atoms with E-state index in [1.807, 2.05) is 52.8 Å². The Balaban J connectivity index is 2.29. The number of anilines is 1. The maximum atomic E-state index is 12.9. The number of rotatable bonds is 3. The van der Waals surface area contributed by atoms with Crippen LogP contribution in [-0.2, 0) is 9.59 Å². The van der Waals surface area contributed by atoms with Crippen molar-refractivity contribution in [3.8, 4) is 0 Å². The second kappa shape index (κ2) is 6.11. The number of nitrogens with one attached hydrogen (secondary N) is 1. The maximum absolute atomic E-state index is 12.9. The van der Waals surface area contributed by atoms with Crippen molar-refractivity contribution in [3.05, 3.63) is 29.3 Å². The molecule has 1 aliphatic rings. The van der Waals surface area contributed by atoms with Gasteiger partial charge in [0.25, 0.3) is 0 Å². The lowest BCUT2D eigenvalue weighted by Gasteiger charge is -2.36. The molecule has 1 N–H and O–H groups in total. The first-order chi connectivity index (χ1) is 10.2. The van der Waals surface area contributed by atoms with Crippen LogP contribution in [0.15, 0.2) is 18.2 Å². The largest absolute Gasteiger partial charge is 0.330 e. The van der Waals surface area contributed by atoms with E-state index in [1.54, 1.807) is 4.90 Å². The van der Waals surface area contributed by atoms with Crippen molar-refractivity contribution in [1.82, 2.24) is 4.90 Å². The third-order valence-electron chi connectivity index (χ3n) is 4.22. The number of para-hydroxylation sites is 1. The van der Waals surface area contributed by atoms with Gasteiger partial charge >= 0.3 is 0 Å². The molecule has 2 rings (SSSR count). The fourth-order valence-corrected chi connectivity index (χ4v) is 3.15. The molecule has 0 bridgehead atoms. The van der Waals surface area contributed by atoms with Gasteiger partial charge in [0.1, 0.15) is 6.04 Å². The lowest BCUT2D eigenvalue weighted by Crippen LogP contribution is -2.52. The molecule has 1 aliphatic heterocycles. The van der Waals surface area contributed by atoms with E-state index in [9.17, 15) is 9.59 Å². The van der Waals surface area contributed by atoms with Crippen molar-refractivity contribution in [3.63, 3.8) is 0 Å². The van der Waals surface area contributed by atoms with Crippen LogP contribution in [0.2, 0.25) is 0 Å². The third-order valence-corrected chi connectivity index (χ3v) is 4.22. The number of amides is 2. The van der Waals surface area contributed by atoms with Gasteiger partial charge in [-0.05, 0) is 36.8 Å². The summed E-state index contributed by atoms with van der Waals surface area (Å²) in [5.41, 5.74) is 2.62. The van der Waals surface area contributed by atoms with Gasteiger partial charge < -0.3 is 10.2 Å². The number of benzene rings is 1. The predicted molar refractivity (Wildman–Crippen MR) is 88.7 cm³/mol. The van der Waals surface area contributed by atoms with Gasteiger partial charge in [0, 0.05) is 18.7 Å². The molecular weight excluding hydrogens is 276 g/mol. The summed E-state index contributed by atoms with van der Waals surface area (Å²) in [4.78, 5) is 26.7. The Morgan fingerprint density at radius 3 is 2.27 bits per heavy atom. The molecule has 0 saturated carbocycles. The van der Waals surface area contributed by atoms with Crippen LogP contribution in [0.1, 0.15) is 44.7 Å². The van der Waals surface area contributed by atoms with Gasteiger partial charge in [-0.15, -0.1) is 0 Å². The average molecular weight is 302 g/mol. The molecule has 22 heavy (non-hydrogen) atoms. The second-order valence-corrected chi connectivity index (χ2v) is 7.22. The summed E-state index contributed by atoms with van der Waals surface area (Å²) in [5.74, 6) is -0.0169. The monoisotopic (exact) mass is 302 g/mol. The molecule has 1 saturated heterocycles. The van der Waals surface area contributed by atoms with Gasteiger partial charge in [0.2, 0.25) is 11.8 Å². The number of hydrogen-bond acceptors (Lipinski definition) is 2.